The lowest BCUT2D eigenvalue weighted by Gasteiger charge is -2.26. The van der Waals surface area contributed by atoms with Crippen molar-refractivity contribution in [3.8, 4) is 28.9 Å². The summed E-state index contributed by atoms with van der Waals surface area (Å²) in [6.07, 6.45) is 20.2. The lowest BCUT2D eigenvalue weighted by Crippen LogP contribution is -2.10. The third-order valence-corrected chi connectivity index (χ3v) is 11.0. The van der Waals surface area contributed by atoms with E-state index in [1.807, 2.05) is 54.6 Å². The van der Waals surface area contributed by atoms with Crippen molar-refractivity contribution in [3.05, 3.63) is 118 Å². The van der Waals surface area contributed by atoms with Gasteiger partial charge in [0.1, 0.15) is 34.7 Å². The Balaban J connectivity index is 1.34. The van der Waals surface area contributed by atoms with Crippen LogP contribution < -0.4 is 14.4 Å². The number of nitrogens with zero attached hydrogens (tertiary/aromatic N) is 2. The quantitative estimate of drug-likeness (QED) is 0.0357. The molecule has 5 rings (SSSR count). The first kappa shape index (κ1) is 43.6. The Morgan fingerprint density at radius 2 is 1.24 bits per heavy atom. The van der Waals surface area contributed by atoms with Gasteiger partial charge in [-0.3, -0.25) is 0 Å². The van der Waals surface area contributed by atoms with Gasteiger partial charge in [0.2, 0.25) is 0 Å². The molecule has 304 valence electrons. The zero-order valence-electron chi connectivity index (χ0n) is 34.4. The summed E-state index contributed by atoms with van der Waals surface area (Å²) in [6, 6.07) is 32.7. The summed E-state index contributed by atoms with van der Waals surface area (Å²) >= 11 is 1.48. The van der Waals surface area contributed by atoms with E-state index in [1.54, 1.807) is 6.07 Å². The van der Waals surface area contributed by atoms with Gasteiger partial charge in [-0.1, -0.05) is 78.6 Å². The molecule has 58 heavy (non-hydrogen) atoms. The molecular weight excluding hydrogens is 741 g/mol. The molecule has 0 radical (unpaired) electrons. The Labute approximate surface area is 349 Å². The van der Waals surface area contributed by atoms with E-state index in [9.17, 15) is 15.2 Å². The Morgan fingerprint density at radius 1 is 0.707 bits per heavy atom. The van der Waals surface area contributed by atoms with Gasteiger partial charge in [-0.05, 0) is 140 Å². The van der Waals surface area contributed by atoms with E-state index in [0.29, 0.717) is 5.76 Å². The Bertz CT molecular complexity index is 2030. The Kier molecular flexibility index (Phi) is 17.8. The number of ether oxygens (including phenoxy) is 2. The molecule has 0 saturated carbocycles. The normalized spacial score (nSPS) is 11.5. The highest BCUT2D eigenvalue weighted by molar-refractivity contribution is 7.14. The maximum absolute atomic E-state index is 11.5. The number of anilines is 3. The van der Waals surface area contributed by atoms with E-state index in [2.05, 4.69) is 74.2 Å². The van der Waals surface area contributed by atoms with Crippen molar-refractivity contribution < 1.29 is 23.8 Å². The predicted octanol–water partition coefficient (Wildman–Crippen LogP) is 14.7. The van der Waals surface area contributed by atoms with Gasteiger partial charge >= 0.3 is 5.97 Å². The summed E-state index contributed by atoms with van der Waals surface area (Å²) in [5.74, 6) is 1.99. The van der Waals surface area contributed by atoms with E-state index in [4.69, 9.17) is 13.9 Å². The summed E-state index contributed by atoms with van der Waals surface area (Å²) in [7, 11) is 0. The van der Waals surface area contributed by atoms with E-state index in [1.165, 1.54) is 62.4 Å². The maximum Gasteiger partial charge on any atom is 0.346 e. The van der Waals surface area contributed by atoms with Crippen LogP contribution in [-0.4, -0.2) is 24.3 Å². The van der Waals surface area contributed by atoms with Gasteiger partial charge < -0.3 is 23.9 Å². The molecule has 0 amide bonds. The van der Waals surface area contributed by atoms with Gasteiger partial charge in [0.25, 0.3) is 0 Å². The van der Waals surface area contributed by atoms with Crippen molar-refractivity contribution in [1.29, 1.82) is 5.26 Å². The molecule has 2 aromatic heterocycles. The van der Waals surface area contributed by atoms with Crippen molar-refractivity contribution >= 4 is 52.6 Å². The molecule has 2 heterocycles. The topological polar surface area (TPSA) is 95.9 Å². The number of aryl methyl sites for hydroxylation is 1. The highest BCUT2D eigenvalue weighted by Gasteiger charge is 2.15. The number of hydrogen-bond donors (Lipinski definition) is 1. The molecule has 8 heteroatoms. The number of aliphatic carboxylic acids is 1. The Hall–Kier alpha value is -5.52. The Morgan fingerprint density at radius 3 is 1.76 bits per heavy atom. The molecule has 0 aliphatic heterocycles. The third-order valence-electron chi connectivity index (χ3n) is 9.96. The molecule has 5 aromatic rings. The number of furan rings is 1. The zero-order chi connectivity index (χ0) is 41.0. The van der Waals surface area contributed by atoms with Crippen LogP contribution in [0.4, 0.5) is 17.1 Å². The fourth-order valence-corrected chi connectivity index (χ4v) is 7.76. The minimum absolute atomic E-state index is 0.272. The zero-order valence-corrected chi connectivity index (χ0v) is 35.2. The molecule has 0 atom stereocenters. The second-order valence-corrected chi connectivity index (χ2v) is 15.7. The van der Waals surface area contributed by atoms with Gasteiger partial charge in [0, 0.05) is 32.4 Å². The number of rotatable bonds is 25. The maximum atomic E-state index is 11.5. The lowest BCUT2D eigenvalue weighted by molar-refractivity contribution is -0.132. The molecule has 0 unspecified atom stereocenters. The van der Waals surface area contributed by atoms with Crippen molar-refractivity contribution in [2.45, 2.75) is 104 Å². The van der Waals surface area contributed by atoms with Gasteiger partial charge in [-0.25, -0.2) is 4.79 Å². The van der Waals surface area contributed by atoms with Crippen molar-refractivity contribution in [1.82, 2.24) is 0 Å². The number of hydrogen-bond acceptors (Lipinski definition) is 7. The van der Waals surface area contributed by atoms with E-state index >= 15 is 0 Å². The van der Waals surface area contributed by atoms with E-state index in [0.717, 1.165) is 107 Å². The number of unbranched alkanes of at least 4 members (excludes halogenated alkanes) is 9. The summed E-state index contributed by atoms with van der Waals surface area (Å²) < 4.78 is 18.4. The van der Waals surface area contributed by atoms with Gasteiger partial charge in [-0.2, -0.15) is 5.26 Å². The van der Waals surface area contributed by atoms with Crippen molar-refractivity contribution in [2.24, 2.45) is 0 Å². The number of carboxylic acid groups (broad SMARTS) is 1. The second kappa shape index (κ2) is 23.6. The summed E-state index contributed by atoms with van der Waals surface area (Å²) in [5.41, 5.74) is 4.88. The highest BCUT2D eigenvalue weighted by atomic mass is 32.1. The largest absolute Gasteiger partial charge is 0.494 e. The minimum atomic E-state index is -1.22. The summed E-state index contributed by atoms with van der Waals surface area (Å²) in [5, 5.41) is 18.7. The van der Waals surface area contributed by atoms with Crippen LogP contribution in [-0.2, 0) is 11.2 Å². The summed E-state index contributed by atoms with van der Waals surface area (Å²) in [6.45, 7) is 8.07. The van der Waals surface area contributed by atoms with E-state index in [-0.39, 0.29) is 5.57 Å². The molecule has 7 nitrogen and oxygen atoms in total. The molecule has 0 spiro atoms. The molecule has 0 saturated heterocycles. The second-order valence-electron chi connectivity index (χ2n) is 14.5. The molecule has 1 N–H and O–H groups in total. The van der Waals surface area contributed by atoms with Gasteiger partial charge in [0.05, 0.1) is 13.2 Å². The predicted molar refractivity (Wildman–Crippen MR) is 240 cm³/mol. The molecule has 0 aliphatic rings. The first-order valence-electron chi connectivity index (χ1n) is 21.0. The highest BCUT2D eigenvalue weighted by Crippen LogP contribution is 2.38. The monoisotopic (exact) mass is 798 g/mol. The number of nitriles is 1. The SMILES string of the molecule is CCCCCCOc1ccc(N(c2ccc(OCCCCCC)cc2)c2ccc(-c3ccc(/C=C/c4sc(/C=C(\C#N)C(=O)O)cc4CCCCCC)o3)cc2)cc1. The van der Waals surface area contributed by atoms with Crippen LogP contribution in [0.1, 0.15) is 119 Å². The van der Waals surface area contributed by atoms with E-state index < -0.39 is 5.97 Å². The first-order valence-corrected chi connectivity index (χ1v) is 21.9. The van der Waals surface area contributed by atoms with Crippen LogP contribution in [0.15, 0.2) is 101 Å². The smallest absolute Gasteiger partial charge is 0.346 e. The minimum Gasteiger partial charge on any atom is -0.494 e. The number of thiophene rings is 1. The first-order chi connectivity index (χ1) is 28.4. The van der Waals surface area contributed by atoms with Crippen molar-refractivity contribution in [2.75, 3.05) is 18.1 Å². The molecule has 0 fully saturated rings. The molecular formula is C50H58N2O5S. The number of carbonyl (C=O) groups is 1. The van der Waals surface area contributed by atoms with Crippen LogP contribution in [0.2, 0.25) is 0 Å². The molecule has 3 aromatic carbocycles. The van der Waals surface area contributed by atoms with Crippen LogP contribution in [0.3, 0.4) is 0 Å². The fraction of sp³-hybridized carbons (Fsp3) is 0.360. The number of carboxylic acids is 1. The van der Waals surface area contributed by atoms with Crippen LogP contribution in [0, 0.1) is 11.3 Å². The number of benzene rings is 3. The fourth-order valence-electron chi connectivity index (χ4n) is 6.70. The standard InChI is InChI=1S/C50H58N2O5S/c1-4-7-10-13-16-39-35-47(36-40(37-51)50(53)54)58-49(39)32-30-46-29-31-48(57-46)38-17-19-41(20-18-38)52(42-21-25-44(26-22-42)55-33-14-11-8-5-2)43-23-27-45(28-24-43)56-34-15-12-9-6-3/h17-32,35-36H,4-16,33-34H2,1-3H3,(H,53,54)/b32-30+,40-36+. The van der Waals surface area contributed by atoms with Gasteiger partial charge in [-0.15, -0.1) is 11.3 Å². The molecule has 0 aliphatic carbocycles. The summed E-state index contributed by atoms with van der Waals surface area (Å²) in [4.78, 5) is 15.5. The van der Waals surface area contributed by atoms with Crippen molar-refractivity contribution in [3.63, 3.8) is 0 Å². The van der Waals surface area contributed by atoms with Crippen LogP contribution in [0.25, 0.3) is 29.6 Å². The van der Waals surface area contributed by atoms with Crippen LogP contribution >= 0.6 is 11.3 Å². The van der Waals surface area contributed by atoms with Crippen LogP contribution in [0.5, 0.6) is 11.5 Å². The third kappa shape index (κ3) is 13.3. The van der Waals surface area contributed by atoms with Gasteiger partial charge in [0.15, 0.2) is 0 Å². The average molecular weight is 799 g/mol. The average Bonchev–Trinajstić information content (AvgIpc) is 3.88. The molecule has 0 bridgehead atoms. The lowest BCUT2D eigenvalue weighted by atomic mass is 10.1.